The Morgan fingerprint density at radius 3 is 1.85 bits per heavy atom. The van der Waals surface area contributed by atoms with Gasteiger partial charge < -0.3 is 19.7 Å². The van der Waals surface area contributed by atoms with E-state index >= 15 is 0 Å². The number of likely N-dealkylation sites (tertiary alicyclic amines) is 1. The number of halogens is 6. The molecule has 2 aromatic rings. The standard InChI is InChI=1S/C17H23N3.2C2HF3O2/c1-15(20-12-9-18-14-20)13-19-10-7-17(8-11-19)16-5-3-2-4-6-16;2*3-2(4,5)1(6)7/h2-6,9,12,14-15,17H,7-8,10-11,13H2,1H3;2*(H,6,7). The second kappa shape index (κ2) is 13.0. The maximum absolute atomic E-state index is 10.6. The van der Waals surface area contributed by atoms with E-state index in [1.807, 2.05) is 12.5 Å². The van der Waals surface area contributed by atoms with Gasteiger partial charge in [-0.25, -0.2) is 14.6 Å². The number of hydrogen-bond donors (Lipinski definition) is 2. The number of nitrogens with zero attached hydrogens (tertiary/aromatic N) is 3. The molecule has 1 aliphatic heterocycles. The minimum atomic E-state index is -5.08. The second-order valence-corrected chi connectivity index (χ2v) is 7.45. The summed E-state index contributed by atoms with van der Waals surface area (Å²) in [6.07, 6.45) is -1.78. The van der Waals surface area contributed by atoms with Crippen molar-refractivity contribution in [1.82, 2.24) is 14.5 Å². The van der Waals surface area contributed by atoms with Gasteiger partial charge in [-0.1, -0.05) is 30.3 Å². The lowest BCUT2D eigenvalue weighted by Gasteiger charge is -2.34. The van der Waals surface area contributed by atoms with Crippen molar-refractivity contribution in [3.8, 4) is 0 Å². The number of alkyl halides is 6. The fraction of sp³-hybridized carbons (Fsp3) is 0.476. The molecular formula is C21H25F6N3O4. The van der Waals surface area contributed by atoms with Crippen LogP contribution < -0.4 is 0 Å². The topological polar surface area (TPSA) is 95.7 Å². The molecule has 1 atom stereocenters. The van der Waals surface area contributed by atoms with Gasteiger partial charge in [0, 0.05) is 25.0 Å². The lowest BCUT2D eigenvalue weighted by atomic mass is 9.89. The van der Waals surface area contributed by atoms with Crippen LogP contribution in [-0.4, -0.2) is 68.6 Å². The third-order valence-corrected chi connectivity index (χ3v) is 4.90. The summed E-state index contributed by atoms with van der Waals surface area (Å²) in [5.74, 6) is -4.77. The van der Waals surface area contributed by atoms with Gasteiger partial charge in [0.05, 0.1) is 6.33 Å². The van der Waals surface area contributed by atoms with E-state index in [4.69, 9.17) is 19.8 Å². The molecule has 1 aromatic carbocycles. The highest BCUT2D eigenvalue weighted by atomic mass is 19.4. The van der Waals surface area contributed by atoms with E-state index in [0.717, 1.165) is 12.5 Å². The molecule has 13 heteroatoms. The zero-order valence-electron chi connectivity index (χ0n) is 18.1. The van der Waals surface area contributed by atoms with Crippen molar-refractivity contribution in [2.45, 2.75) is 44.1 Å². The van der Waals surface area contributed by atoms with Crippen molar-refractivity contribution in [3.63, 3.8) is 0 Å². The van der Waals surface area contributed by atoms with E-state index in [-0.39, 0.29) is 0 Å². The molecule has 0 spiro atoms. The van der Waals surface area contributed by atoms with Crippen LogP contribution in [0.1, 0.15) is 37.3 Å². The summed E-state index contributed by atoms with van der Waals surface area (Å²) in [6.45, 7) is 5.81. The van der Waals surface area contributed by atoms with Crippen LogP contribution in [0.25, 0.3) is 0 Å². The number of aliphatic carboxylic acids is 2. The number of carboxylic acids is 2. The van der Waals surface area contributed by atoms with Crippen LogP contribution in [0.2, 0.25) is 0 Å². The van der Waals surface area contributed by atoms with E-state index in [1.54, 1.807) is 0 Å². The molecule has 0 aliphatic carbocycles. The smallest absolute Gasteiger partial charge is 0.475 e. The molecule has 7 nitrogen and oxygen atoms in total. The van der Waals surface area contributed by atoms with Gasteiger partial charge in [-0.3, -0.25) is 0 Å². The second-order valence-electron chi connectivity index (χ2n) is 7.45. The highest BCUT2D eigenvalue weighted by Gasteiger charge is 2.38. The summed E-state index contributed by atoms with van der Waals surface area (Å²) in [4.78, 5) is 24.5. The molecular weight excluding hydrogens is 472 g/mol. The monoisotopic (exact) mass is 497 g/mol. The van der Waals surface area contributed by atoms with Crippen LogP contribution in [0.4, 0.5) is 26.3 Å². The molecule has 2 N–H and O–H groups in total. The molecule has 1 aromatic heterocycles. The first-order valence-electron chi connectivity index (χ1n) is 10.1. The number of carbonyl (C=O) groups is 2. The summed E-state index contributed by atoms with van der Waals surface area (Å²) in [6, 6.07) is 11.5. The molecule has 2 heterocycles. The number of rotatable bonds is 4. The molecule has 1 saturated heterocycles. The molecule has 0 bridgehead atoms. The van der Waals surface area contributed by atoms with Crippen molar-refractivity contribution in [2.75, 3.05) is 19.6 Å². The Labute approximate surface area is 191 Å². The summed E-state index contributed by atoms with van der Waals surface area (Å²) >= 11 is 0. The van der Waals surface area contributed by atoms with Gasteiger partial charge in [-0.15, -0.1) is 0 Å². The van der Waals surface area contributed by atoms with E-state index < -0.39 is 24.3 Å². The molecule has 0 radical (unpaired) electrons. The van der Waals surface area contributed by atoms with E-state index in [2.05, 4.69) is 57.9 Å². The van der Waals surface area contributed by atoms with Crippen molar-refractivity contribution in [3.05, 3.63) is 54.6 Å². The summed E-state index contributed by atoms with van der Waals surface area (Å²) in [5.41, 5.74) is 1.51. The Bertz CT molecular complexity index is 841. The van der Waals surface area contributed by atoms with Gasteiger partial charge >= 0.3 is 24.3 Å². The third-order valence-electron chi connectivity index (χ3n) is 4.90. The van der Waals surface area contributed by atoms with E-state index in [9.17, 15) is 26.3 Å². The quantitative estimate of drug-likeness (QED) is 0.600. The lowest BCUT2D eigenvalue weighted by molar-refractivity contribution is -0.193. The maximum Gasteiger partial charge on any atom is 0.490 e. The first-order valence-corrected chi connectivity index (χ1v) is 10.1. The number of aromatic nitrogens is 2. The number of piperidine rings is 1. The Balaban J connectivity index is 0.000000343. The largest absolute Gasteiger partial charge is 0.490 e. The predicted molar refractivity (Wildman–Crippen MR) is 109 cm³/mol. The Hall–Kier alpha value is -3.09. The van der Waals surface area contributed by atoms with Crippen LogP contribution in [0.5, 0.6) is 0 Å². The van der Waals surface area contributed by atoms with Crippen molar-refractivity contribution >= 4 is 11.9 Å². The van der Waals surface area contributed by atoms with Crippen LogP contribution in [0, 0.1) is 0 Å². The molecule has 1 fully saturated rings. The van der Waals surface area contributed by atoms with Gasteiger partial charge in [0.15, 0.2) is 0 Å². The third kappa shape index (κ3) is 10.7. The van der Waals surface area contributed by atoms with Crippen LogP contribution in [0.3, 0.4) is 0 Å². The zero-order chi connectivity index (χ0) is 25.9. The normalized spacial score (nSPS) is 15.9. The van der Waals surface area contributed by atoms with Crippen molar-refractivity contribution in [1.29, 1.82) is 0 Å². The summed E-state index contributed by atoms with van der Waals surface area (Å²) in [7, 11) is 0. The zero-order valence-corrected chi connectivity index (χ0v) is 18.1. The van der Waals surface area contributed by atoms with Gasteiger partial charge in [0.2, 0.25) is 0 Å². The predicted octanol–water partition coefficient (Wildman–Crippen LogP) is 4.59. The first-order chi connectivity index (χ1) is 15.7. The molecule has 1 unspecified atom stereocenters. The van der Waals surface area contributed by atoms with Crippen molar-refractivity contribution < 1.29 is 46.1 Å². The van der Waals surface area contributed by atoms with Gasteiger partial charge in [0.25, 0.3) is 0 Å². The average Bonchev–Trinajstić information content (AvgIpc) is 3.30. The molecule has 0 amide bonds. The summed E-state index contributed by atoms with van der Waals surface area (Å²) < 4.78 is 65.7. The van der Waals surface area contributed by atoms with Crippen molar-refractivity contribution in [2.24, 2.45) is 0 Å². The maximum atomic E-state index is 10.6. The van der Waals surface area contributed by atoms with Crippen LogP contribution in [0.15, 0.2) is 49.1 Å². The molecule has 190 valence electrons. The van der Waals surface area contributed by atoms with Gasteiger partial charge in [-0.2, -0.15) is 26.3 Å². The highest BCUT2D eigenvalue weighted by molar-refractivity contribution is 5.73. The molecule has 34 heavy (non-hydrogen) atoms. The van der Waals surface area contributed by atoms with Gasteiger partial charge in [-0.05, 0) is 44.3 Å². The average molecular weight is 497 g/mol. The molecule has 3 rings (SSSR count). The highest BCUT2D eigenvalue weighted by Crippen LogP contribution is 2.28. The van der Waals surface area contributed by atoms with Crippen LogP contribution >= 0.6 is 0 Å². The molecule has 0 saturated carbocycles. The fourth-order valence-electron chi connectivity index (χ4n) is 3.17. The minimum Gasteiger partial charge on any atom is -0.475 e. The number of carboxylic acid groups (broad SMARTS) is 2. The Morgan fingerprint density at radius 1 is 1.00 bits per heavy atom. The molecule has 1 aliphatic rings. The van der Waals surface area contributed by atoms with E-state index in [1.165, 1.54) is 31.5 Å². The fourth-order valence-corrected chi connectivity index (χ4v) is 3.17. The van der Waals surface area contributed by atoms with Crippen LogP contribution in [-0.2, 0) is 9.59 Å². The van der Waals surface area contributed by atoms with Gasteiger partial charge in [0.1, 0.15) is 0 Å². The lowest BCUT2D eigenvalue weighted by Crippen LogP contribution is -2.36. The summed E-state index contributed by atoms with van der Waals surface area (Å²) in [5, 5.41) is 14.2. The first kappa shape index (κ1) is 28.9. The number of benzene rings is 1. The SMILES string of the molecule is CC(CN1CCC(c2ccccc2)CC1)n1ccnc1.O=C(O)C(F)(F)F.O=C(O)C(F)(F)F. The Kier molecular flexibility index (Phi) is 11.0. The minimum absolute atomic E-state index is 0.505. The number of hydrogen-bond acceptors (Lipinski definition) is 4. The number of imidazole rings is 1. The Morgan fingerprint density at radius 2 is 1.47 bits per heavy atom. The van der Waals surface area contributed by atoms with E-state index in [0.29, 0.717) is 6.04 Å².